The predicted molar refractivity (Wildman–Crippen MR) is 153 cm³/mol. The van der Waals surface area contributed by atoms with Gasteiger partial charge in [0.2, 0.25) is 5.43 Å². The van der Waals surface area contributed by atoms with Crippen LogP contribution in [0.2, 0.25) is 0 Å². The number of nitrogens with zero attached hydrogens (tertiary/aromatic N) is 7. The largest absolute Gasteiger partial charge is 0.484 e. The van der Waals surface area contributed by atoms with E-state index in [1.807, 2.05) is 44.4 Å². The Bertz CT molecular complexity index is 1610. The maximum atomic E-state index is 14.9. The third-order valence-electron chi connectivity index (χ3n) is 6.89. The van der Waals surface area contributed by atoms with Gasteiger partial charge in [0.1, 0.15) is 23.1 Å². The van der Waals surface area contributed by atoms with Gasteiger partial charge in [-0.2, -0.15) is 10.2 Å². The highest BCUT2D eigenvalue weighted by molar-refractivity contribution is 5.68. The van der Waals surface area contributed by atoms with Crippen molar-refractivity contribution in [1.82, 2.24) is 34.4 Å². The first-order chi connectivity index (χ1) is 20.0. The van der Waals surface area contributed by atoms with Gasteiger partial charge in [0.15, 0.2) is 17.7 Å². The number of piperidine rings is 1. The summed E-state index contributed by atoms with van der Waals surface area (Å²) in [5.41, 5.74) is 1.98. The van der Waals surface area contributed by atoms with E-state index < -0.39 is 24.0 Å². The molecule has 3 atom stereocenters. The van der Waals surface area contributed by atoms with Gasteiger partial charge in [-0.05, 0) is 32.4 Å². The maximum Gasteiger partial charge on any atom is 0.410 e. The van der Waals surface area contributed by atoms with Crippen LogP contribution >= 0.6 is 0 Å². The molecule has 4 heterocycles. The Morgan fingerprint density at radius 3 is 2.57 bits per heavy atom. The molecule has 1 aliphatic rings. The van der Waals surface area contributed by atoms with Crippen molar-refractivity contribution in [2.75, 3.05) is 13.1 Å². The van der Waals surface area contributed by atoms with Crippen LogP contribution in [-0.4, -0.2) is 71.5 Å². The summed E-state index contributed by atoms with van der Waals surface area (Å²) in [7, 11) is 1.82. The predicted octanol–water partition coefficient (Wildman–Crippen LogP) is 4.30. The van der Waals surface area contributed by atoms with E-state index in [1.54, 1.807) is 42.5 Å². The Morgan fingerprint density at radius 1 is 1.14 bits per heavy atom. The molecule has 5 rings (SSSR count). The van der Waals surface area contributed by atoms with Crippen LogP contribution in [0.25, 0.3) is 17.1 Å². The number of ether oxygens (including phenoxy) is 2. The molecule has 220 valence electrons. The SMILES string of the molecule is CC(c1cccc(-c2ncc(O[C@H]3CCN(C(=O)OC(C)(C)C)C[C@H]3F)cn2)c1)c1nn(-c2cnn(C)c2)ccc1=O. The number of likely N-dealkylation sites (tertiary alicyclic amines) is 1. The zero-order valence-electron chi connectivity index (χ0n) is 24.3. The van der Waals surface area contributed by atoms with Crippen LogP contribution in [0, 0.1) is 0 Å². The number of aromatic nitrogens is 6. The number of halogens is 1. The van der Waals surface area contributed by atoms with Crippen LogP contribution in [0.15, 0.2) is 66.1 Å². The lowest BCUT2D eigenvalue weighted by Crippen LogP contribution is -2.50. The average Bonchev–Trinajstić information content (AvgIpc) is 3.39. The van der Waals surface area contributed by atoms with Crippen LogP contribution < -0.4 is 10.2 Å². The van der Waals surface area contributed by atoms with E-state index in [4.69, 9.17) is 9.47 Å². The summed E-state index contributed by atoms with van der Waals surface area (Å²) in [4.78, 5) is 35.2. The van der Waals surface area contributed by atoms with Crippen molar-refractivity contribution in [1.29, 1.82) is 0 Å². The number of alkyl halides is 1. The lowest BCUT2D eigenvalue weighted by molar-refractivity contribution is -0.0106. The number of amides is 1. The van der Waals surface area contributed by atoms with E-state index in [9.17, 15) is 14.0 Å². The molecule has 4 aromatic rings. The first kappa shape index (κ1) is 28.9. The molecule has 1 amide bonds. The highest BCUT2D eigenvalue weighted by Gasteiger charge is 2.35. The maximum absolute atomic E-state index is 14.9. The number of carbonyl (C=O) groups is 1. The van der Waals surface area contributed by atoms with Gasteiger partial charge >= 0.3 is 6.09 Å². The molecular weight excluding hydrogens is 541 g/mol. The first-order valence-electron chi connectivity index (χ1n) is 13.8. The summed E-state index contributed by atoms with van der Waals surface area (Å²) in [6, 6.07) is 9.11. The van der Waals surface area contributed by atoms with Crippen molar-refractivity contribution < 1.29 is 18.7 Å². The zero-order valence-corrected chi connectivity index (χ0v) is 24.3. The second-order valence-electron chi connectivity index (χ2n) is 11.4. The molecule has 11 nitrogen and oxygen atoms in total. The zero-order chi connectivity index (χ0) is 30.0. The molecule has 1 fully saturated rings. The third-order valence-corrected chi connectivity index (χ3v) is 6.89. The van der Waals surface area contributed by atoms with Crippen LogP contribution in [0.1, 0.15) is 51.3 Å². The number of aryl methyl sites for hydroxylation is 1. The fourth-order valence-corrected chi connectivity index (χ4v) is 4.71. The second kappa shape index (κ2) is 11.7. The topological polar surface area (TPSA) is 117 Å². The van der Waals surface area contributed by atoms with Crippen molar-refractivity contribution in [2.24, 2.45) is 7.05 Å². The number of rotatable bonds is 6. The van der Waals surface area contributed by atoms with Gasteiger partial charge in [0, 0.05) is 43.8 Å². The van der Waals surface area contributed by atoms with Crippen molar-refractivity contribution >= 4 is 6.09 Å². The molecule has 0 saturated carbocycles. The van der Waals surface area contributed by atoms with Gasteiger partial charge in [0.05, 0.1) is 31.3 Å². The highest BCUT2D eigenvalue weighted by atomic mass is 19.1. The Labute approximate surface area is 242 Å². The van der Waals surface area contributed by atoms with E-state index in [1.165, 1.54) is 23.4 Å². The summed E-state index contributed by atoms with van der Waals surface area (Å²) < 4.78 is 29.4. The summed E-state index contributed by atoms with van der Waals surface area (Å²) in [6.07, 6.45) is 5.82. The fourth-order valence-electron chi connectivity index (χ4n) is 4.71. The van der Waals surface area contributed by atoms with Crippen molar-refractivity contribution in [3.05, 3.63) is 82.8 Å². The molecule has 0 radical (unpaired) electrons. The Balaban J connectivity index is 1.26. The Morgan fingerprint density at radius 2 is 1.90 bits per heavy atom. The molecular formula is C30H34FN7O4. The van der Waals surface area contributed by atoms with Crippen LogP contribution in [0.4, 0.5) is 9.18 Å². The lowest BCUT2D eigenvalue weighted by Gasteiger charge is -2.35. The highest BCUT2D eigenvalue weighted by Crippen LogP contribution is 2.27. The summed E-state index contributed by atoms with van der Waals surface area (Å²) >= 11 is 0. The monoisotopic (exact) mass is 575 g/mol. The summed E-state index contributed by atoms with van der Waals surface area (Å²) in [5, 5.41) is 8.75. The molecule has 1 aromatic carbocycles. The van der Waals surface area contributed by atoms with Gasteiger partial charge in [-0.15, -0.1) is 0 Å². The molecule has 0 N–H and O–H groups in total. The summed E-state index contributed by atoms with van der Waals surface area (Å²) in [5.74, 6) is 0.505. The molecule has 0 spiro atoms. The minimum absolute atomic E-state index is 0.104. The van der Waals surface area contributed by atoms with E-state index >= 15 is 0 Å². The van der Waals surface area contributed by atoms with E-state index in [0.717, 1.165) is 16.8 Å². The van der Waals surface area contributed by atoms with Crippen LogP contribution in [0.3, 0.4) is 0 Å². The molecule has 0 bridgehead atoms. The molecule has 0 aliphatic carbocycles. The number of benzene rings is 1. The minimum atomic E-state index is -1.38. The number of hydrogen-bond donors (Lipinski definition) is 0. The standard InChI is InChI=1S/C30H34FN7O4/c1-19(27-25(39)9-12-38(35-27)22-14-34-36(5)17-22)20-7-6-8-21(13-20)28-32-15-23(16-33-28)41-26-10-11-37(18-24(26)31)29(40)42-30(2,3)4/h6-9,12-17,19,24,26H,10-11,18H2,1-5H3/t19?,24-,26+/m1/s1. The summed E-state index contributed by atoms with van der Waals surface area (Å²) in [6.45, 7) is 7.47. The van der Waals surface area contributed by atoms with Gasteiger partial charge in [-0.25, -0.2) is 23.8 Å². The van der Waals surface area contributed by atoms with Crippen molar-refractivity contribution in [3.63, 3.8) is 0 Å². The number of carbonyl (C=O) groups excluding carboxylic acids is 1. The third kappa shape index (κ3) is 6.64. The molecule has 3 aromatic heterocycles. The van der Waals surface area contributed by atoms with Crippen molar-refractivity contribution in [3.8, 4) is 22.8 Å². The molecule has 1 unspecified atom stereocenters. The Kier molecular flexibility index (Phi) is 8.06. The molecule has 1 aliphatic heterocycles. The second-order valence-corrected chi connectivity index (χ2v) is 11.4. The van der Waals surface area contributed by atoms with E-state index in [2.05, 4.69) is 20.2 Å². The lowest BCUT2D eigenvalue weighted by atomic mass is 9.95. The Hall–Kier alpha value is -4.61. The molecule has 12 heteroatoms. The van der Waals surface area contributed by atoms with E-state index in [0.29, 0.717) is 30.2 Å². The fraction of sp³-hybridized carbons (Fsp3) is 0.400. The average molecular weight is 576 g/mol. The smallest absolute Gasteiger partial charge is 0.410 e. The normalized spacial score (nSPS) is 18.0. The van der Waals surface area contributed by atoms with Crippen molar-refractivity contribution in [2.45, 2.75) is 57.9 Å². The van der Waals surface area contributed by atoms with Crippen LogP contribution in [0.5, 0.6) is 5.75 Å². The quantitative estimate of drug-likeness (QED) is 0.334. The van der Waals surface area contributed by atoms with E-state index in [-0.39, 0.29) is 17.9 Å². The van der Waals surface area contributed by atoms with Gasteiger partial charge < -0.3 is 14.4 Å². The first-order valence-corrected chi connectivity index (χ1v) is 13.8. The number of hydrogen-bond acceptors (Lipinski definition) is 8. The minimum Gasteiger partial charge on any atom is -0.484 e. The van der Waals surface area contributed by atoms with Gasteiger partial charge in [0.25, 0.3) is 0 Å². The van der Waals surface area contributed by atoms with Gasteiger partial charge in [-0.3, -0.25) is 9.48 Å². The van der Waals surface area contributed by atoms with Crippen LogP contribution in [-0.2, 0) is 11.8 Å². The molecule has 1 saturated heterocycles. The molecule has 42 heavy (non-hydrogen) atoms. The van der Waals surface area contributed by atoms with Gasteiger partial charge in [-0.1, -0.05) is 25.1 Å².